The molecule has 2 aliphatic carbocycles. The van der Waals surface area contributed by atoms with Gasteiger partial charge in [0.1, 0.15) is 0 Å². The van der Waals surface area contributed by atoms with Gasteiger partial charge in [-0.25, -0.2) is 4.68 Å². The van der Waals surface area contributed by atoms with Crippen LogP contribution in [0.25, 0.3) is 5.70 Å². The Bertz CT molecular complexity index is 373. The third kappa shape index (κ3) is 0.981. The Labute approximate surface area is 77.6 Å². The molecule has 1 heterocycles. The lowest BCUT2D eigenvalue weighted by Gasteiger charge is -2.05. The molecule has 3 rings (SSSR count). The highest BCUT2D eigenvalue weighted by atomic mass is 15.3. The van der Waals surface area contributed by atoms with Gasteiger partial charge < -0.3 is 0 Å². The van der Waals surface area contributed by atoms with Gasteiger partial charge in [0.2, 0.25) is 0 Å². The van der Waals surface area contributed by atoms with Gasteiger partial charge in [-0.3, -0.25) is 0 Å². The lowest BCUT2D eigenvalue weighted by atomic mass is 10.1. The fourth-order valence-corrected chi connectivity index (χ4v) is 2.13. The zero-order valence-electron chi connectivity index (χ0n) is 7.59. The van der Waals surface area contributed by atoms with Crippen molar-refractivity contribution in [2.75, 3.05) is 0 Å². The molecule has 0 spiro atoms. The van der Waals surface area contributed by atoms with E-state index in [1.807, 2.05) is 23.1 Å². The molecule has 1 fully saturated rings. The minimum atomic E-state index is 0.768. The van der Waals surface area contributed by atoms with E-state index in [0.717, 1.165) is 17.8 Å². The Morgan fingerprint density at radius 2 is 2.31 bits per heavy atom. The second kappa shape index (κ2) is 2.34. The number of hydrogen-bond donors (Lipinski definition) is 0. The quantitative estimate of drug-likeness (QED) is 0.634. The molecule has 2 nitrogen and oxygen atoms in total. The van der Waals surface area contributed by atoms with Crippen LogP contribution in [0.1, 0.15) is 6.92 Å². The van der Waals surface area contributed by atoms with E-state index in [-0.39, 0.29) is 0 Å². The molecule has 13 heavy (non-hydrogen) atoms. The highest BCUT2D eigenvalue weighted by molar-refractivity contribution is 5.60. The summed E-state index contributed by atoms with van der Waals surface area (Å²) in [6.45, 7) is 2.31. The molecule has 0 aromatic carbocycles. The van der Waals surface area contributed by atoms with Gasteiger partial charge in [0.05, 0.1) is 5.70 Å². The van der Waals surface area contributed by atoms with Gasteiger partial charge in [0, 0.05) is 12.4 Å². The van der Waals surface area contributed by atoms with Crippen LogP contribution in [0.4, 0.5) is 0 Å². The number of fused-ring (bicyclic) bond motifs is 1. The van der Waals surface area contributed by atoms with Crippen molar-refractivity contribution in [1.29, 1.82) is 0 Å². The monoisotopic (exact) mass is 172 g/mol. The van der Waals surface area contributed by atoms with Crippen molar-refractivity contribution in [1.82, 2.24) is 9.78 Å². The summed E-state index contributed by atoms with van der Waals surface area (Å²) in [5.41, 5.74) is 1.22. The largest absolute Gasteiger partial charge is 0.241 e. The van der Waals surface area contributed by atoms with Crippen LogP contribution in [0, 0.1) is 17.8 Å². The molecular weight excluding hydrogens is 160 g/mol. The predicted molar refractivity (Wildman–Crippen MR) is 51.8 cm³/mol. The number of hydrogen-bond acceptors (Lipinski definition) is 1. The highest BCUT2D eigenvalue weighted by Gasteiger charge is 2.44. The number of rotatable bonds is 1. The maximum absolute atomic E-state index is 4.22. The van der Waals surface area contributed by atoms with E-state index in [1.165, 1.54) is 5.70 Å². The molecule has 0 bridgehead atoms. The van der Waals surface area contributed by atoms with E-state index in [9.17, 15) is 0 Å². The fraction of sp³-hybridized carbons (Fsp3) is 0.364. The standard InChI is InChI=1S/C11H12N2/c1-8-10-4-3-9(7-11(8)10)13-6-2-5-12-13/h2-8,10-11H,1H3. The Morgan fingerprint density at radius 1 is 1.38 bits per heavy atom. The van der Waals surface area contributed by atoms with Gasteiger partial charge in [-0.15, -0.1) is 0 Å². The van der Waals surface area contributed by atoms with Crippen molar-refractivity contribution in [3.63, 3.8) is 0 Å². The first-order valence-electron chi connectivity index (χ1n) is 4.76. The third-order valence-electron chi connectivity index (χ3n) is 3.14. The smallest absolute Gasteiger partial charge is 0.0605 e. The van der Waals surface area contributed by atoms with Gasteiger partial charge in [0.25, 0.3) is 0 Å². The average Bonchev–Trinajstić information content (AvgIpc) is 2.67. The number of aromatic nitrogens is 2. The number of nitrogens with zero attached hydrogens (tertiary/aromatic N) is 2. The molecule has 0 saturated heterocycles. The van der Waals surface area contributed by atoms with Crippen molar-refractivity contribution in [2.45, 2.75) is 6.92 Å². The van der Waals surface area contributed by atoms with Crippen molar-refractivity contribution in [3.8, 4) is 0 Å². The lowest BCUT2D eigenvalue weighted by Crippen LogP contribution is -1.97. The first kappa shape index (κ1) is 7.13. The fourth-order valence-electron chi connectivity index (χ4n) is 2.13. The molecule has 0 radical (unpaired) electrons. The van der Waals surface area contributed by atoms with E-state index >= 15 is 0 Å². The summed E-state index contributed by atoms with van der Waals surface area (Å²) < 4.78 is 1.93. The molecule has 2 aliphatic rings. The second-order valence-electron chi connectivity index (χ2n) is 3.92. The van der Waals surface area contributed by atoms with Gasteiger partial charge in [0.15, 0.2) is 0 Å². The minimum Gasteiger partial charge on any atom is -0.241 e. The SMILES string of the molecule is CC1C2C=CC(n3cccn3)=CC12. The average molecular weight is 172 g/mol. The normalized spacial score (nSPS) is 35.5. The molecule has 3 atom stereocenters. The Morgan fingerprint density at radius 3 is 3.00 bits per heavy atom. The molecule has 1 saturated carbocycles. The van der Waals surface area contributed by atoms with Crippen LogP contribution in [0.5, 0.6) is 0 Å². The molecular formula is C11H12N2. The molecule has 0 amide bonds. The summed E-state index contributed by atoms with van der Waals surface area (Å²) in [6.07, 6.45) is 10.6. The van der Waals surface area contributed by atoms with Crippen LogP contribution in [-0.4, -0.2) is 9.78 Å². The van der Waals surface area contributed by atoms with E-state index in [2.05, 4.69) is 30.3 Å². The molecule has 0 aliphatic heterocycles. The minimum absolute atomic E-state index is 0.768. The molecule has 66 valence electrons. The van der Waals surface area contributed by atoms with Crippen LogP contribution in [-0.2, 0) is 0 Å². The molecule has 2 heteroatoms. The van der Waals surface area contributed by atoms with Crippen molar-refractivity contribution < 1.29 is 0 Å². The number of allylic oxidation sites excluding steroid dienone is 4. The topological polar surface area (TPSA) is 17.8 Å². The molecule has 1 aromatic rings. The van der Waals surface area contributed by atoms with E-state index in [0.29, 0.717) is 0 Å². The van der Waals surface area contributed by atoms with E-state index < -0.39 is 0 Å². The first-order valence-corrected chi connectivity index (χ1v) is 4.76. The Hall–Kier alpha value is -1.31. The van der Waals surface area contributed by atoms with E-state index in [1.54, 1.807) is 0 Å². The van der Waals surface area contributed by atoms with Crippen LogP contribution in [0.2, 0.25) is 0 Å². The van der Waals surface area contributed by atoms with E-state index in [4.69, 9.17) is 0 Å². The van der Waals surface area contributed by atoms with Crippen LogP contribution < -0.4 is 0 Å². The van der Waals surface area contributed by atoms with Gasteiger partial charge in [-0.2, -0.15) is 5.10 Å². The molecule has 1 aromatic heterocycles. The summed E-state index contributed by atoms with van der Waals surface area (Å²) in [5.74, 6) is 2.41. The van der Waals surface area contributed by atoms with Crippen molar-refractivity contribution in [3.05, 3.63) is 36.7 Å². The van der Waals surface area contributed by atoms with Crippen LogP contribution in [0.3, 0.4) is 0 Å². The lowest BCUT2D eigenvalue weighted by molar-refractivity contribution is 0.871. The van der Waals surface area contributed by atoms with Gasteiger partial charge >= 0.3 is 0 Å². The zero-order valence-corrected chi connectivity index (χ0v) is 7.59. The predicted octanol–water partition coefficient (Wildman–Crippen LogP) is 2.18. The Balaban J connectivity index is 1.95. The third-order valence-corrected chi connectivity index (χ3v) is 3.14. The summed E-state index contributed by atoms with van der Waals surface area (Å²) >= 11 is 0. The second-order valence-corrected chi connectivity index (χ2v) is 3.92. The summed E-state index contributed by atoms with van der Waals surface area (Å²) in [4.78, 5) is 0. The molecule has 0 N–H and O–H groups in total. The highest BCUT2D eigenvalue weighted by Crippen LogP contribution is 2.50. The van der Waals surface area contributed by atoms with Gasteiger partial charge in [-0.05, 0) is 29.9 Å². The zero-order chi connectivity index (χ0) is 8.84. The maximum Gasteiger partial charge on any atom is 0.0605 e. The summed E-state index contributed by atoms with van der Waals surface area (Å²) in [5, 5.41) is 4.22. The first-order chi connectivity index (χ1) is 6.36. The van der Waals surface area contributed by atoms with Crippen molar-refractivity contribution in [2.24, 2.45) is 17.8 Å². The molecule has 3 unspecified atom stereocenters. The Kier molecular flexibility index (Phi) is 1.29. The summed E-state index contributed by atoms with van der Waals surface area (Å²) in [7, 11) is 0. The maximum atomic E-state index is 4.22. The van der Waals surface area contributed by atoms with Crippen LogP contribution in [0.15, 0.2) is 36.7 Å². The van der Waals surface area contributed by atoms with Crippen molar-refractivity contribution >= 4 is 5.70 Å². The van der Waals surface area contributed by atoms with Gasteiger partial charge in [-0.1, -0.05) is 19.1 Å². The van der Waals surface area contributed by atoms with Crippen LogP contribution >= 0.6 is 0 Å². The summed E-state index contributed by atoms with van der Waals surface area (Å²) in [6, 6.07) is 1.96.